The molecule has 0 radical (unpaired) electrons. The fraction of sp³-hybridized carbons (Fsp3) is 0.125. The fourth-order valence-corrected chi connectivity index (χ4v) is 2.16. The molecular formula is C16H16N6O2. The third kappa shape index (κ3) is 3.49. The Morgan fingerprint density at radius 3 is 2.71 bits per heavy atom. The van der Waals surface area contributed by atoms with E-state index in [4.69, 9.17) is 5.73 Å². The SMILES string of the molecule is COC(=O)Nc1ccc(CNc2ncnc3nc(N)ccc23)cc1. The number of amides is 1. The molecule has 2 aromatic heterocycles. The van der Waals surface area contributed by atoms with E-state index in [1.54, 1.807) is 18.2 Å². The molecule has 0 fully saturated rings. The van der Waals surface area contributed by atoms with Crippen molar-refractivity contribution in [3.8, 4) is 0 Å². The van der Waals surface area contributed by atoms with Crippen molar-refractivity contribution in [2.75, 3.05) is 23.5 Å². The van der Waals surface area contributed by atoms with E-state index in [9.17, 15) is 4.79 Å². The van der Waals surface area contributed by atoms with Gasteiger partial charge in [-0.3, -0.25) is 5.32 Å². The second kappa shape index (κ2) is 6.78. The zero-order chi connectivity index (χ0) is 16.9. The number of nitrogens with one attached hydrogen (secondary N) is 2. The van der Waals surface area contributed by atoms with Crippen molar-refractivity contribution in [3.63, 3.8) is 0 Å². The highest BCUT2D eigenvalue weighted by atomic mass is 16.5. The molecule has 0 saturated carbocycles. The highest BCUT2D eigenvalue weighted by Gasteiger charge is 2.05. The van der Waals surface area contributed by atoms with Gasteiger partial charge >= 0.3 is 6.09 Å². The number of aromatic nitrogens is 3. The highest BCUT2D eigenvalue weighted by molar-refractivity contribution is 5.87. The topological polar surface area (TPSA) is 115 Å². The Morgan fingerprint density at radius 2 is 1.96 bits per heavy atom. The molecule has 1 amide bonds. The molecule has 0 bridgehead atoms. The fourth-order valence-electron chi connectivity index (χ4n) is 2.16. The number of ether oxygens (including phenoxy) is 1. The zero-order valence-electron chi connectivity index (χ0n) is 13.0. The number of carbonyl (C=O) groups is 1. The molecule has 8 heteroatoms. The van der Waals surface area contributed by atoms with Crippen LogP contribution in [0.3, 0.4) is 0 Å². The van der Waals surface area contributed by atoms with Crippen molar-refractivity contribution in [2.24, 2.45) is 0 Å². The van der Waals surface area contributed by atoms with E-state index in [1.807, 2.05) is 18.2 Å². The lowest BCUT2D eigenvalue weighted by Crippen LogP contribution is -2.10. The first-order valence-corrected chi connectivity index (χ1v) is 7.21. The van der Waals surface area contributed by atoms with Gasteiger partial charge in [-0.25, -0.2) is 19.7 Å². The van der Waals surface area contributed by atoms with E-state index in [-0.39, 0.29) is 0 Å². The number of hydrogen-bond acceptors (Lipinski definition) is 7. The van der Waals surface area contributed by atoms with E-state index in [2.05, 4.69) is 30.3 Å². The quantitative estimate of drug-likeness (QED) is 0.675. The largest absolute Gasteiger partial charge is 0.453 e. The molecule has 0 aliphatic heterocycles. The minimum Gasteiger partial charge on any atom is -0.453 e. The lowest BCUT2D eigenvalue weighted by Gasteiger charge is -2.09. The smallest absolute Gasteiger partial charge is 0.411 e. The summed E-state index contributed by atoms with van der Waals surface area (Å²) in [5.74, 6) is 1.10. The van der Waals surface area contributed by atoms with Gasteiger partial charge in [0.15, 0.2) is 5.65 Å². The number of anilines is 3. The van der Waals surface area contributed by atoms with Crippen LogP contribution < -0.4 is 16.4 Å². The highest BCUT2D eigenvalue weighted by Crippen LogP contribution is 2.19. The molecule has 0 spiro atoms. The summed E-state index contributed by atoms with van der Waals surface area (Å²) in [6, 6.07) is 11.0. The Kier molecular flexibility index (Phi) is 4.37. The molecule has 0 atom stereocenters. The van der Waals surface area contributed by atoms with Gasteiger partial charge in [-0.15, -0.1) is 0 Å². The molecule has 0 aliphatic carbocycles. The van der Waals surface area contributed by atoms with Gasteiger partial charge < -0.3 is 15.8 Å². The maximum Gasteiger partial charge on any atom is 0.411 e. The number of carbonyl (C=O) groups excluding carboxylic acids is 1. The molecule has 8 nitrogen and oxygen atoms in total. The molecule has 122 valence electrons. The average molecular weight is 324 g/mol. The van der Waals surface area contributed by atoms with E-state index < -0.39 is 6.09 Å². The average Bonchev–Trinajstić information content (AvgIpc) is 2.60. The second-order valence-electron chi connectivity index (χ2n) is 5.00. The van der Waals surface area contributed by atoms with Gasteiger partial charge in [0, 0.05) is 12.2 Å². The predicted molar refractivity (Wildman–Crippen MR) is 91.5 cm³/mol. The number of nitrogens with zero attached hydrogens (tertiary/aromatic N) is 3. The lowest BCUT2D eigenvalue weighted by atomic mass is 10.2. The summed E-state index contributed by atoms with van der Waals surface area (Å²) in [6.45, 7) is 0.564. The van der Waals surface area contributed by atoms with Crippen LogP contribution in [0.4, 0.5) is 22.1 Å². The number of nitrogen functional groups attached to an aromatic ring is 1. The van der Waals surface area contributed by atoms with Gasteiger partial charge in [0.05, 0.1) is 12.5 Å². The van der Waals surface area contributed by atoms with Crippen LogP contribution in [0.25, 0.3) is 11.0 Å². The molecular weight excluding hydrogens is 308 g/mol. The number of benzene rings is 1. The summed E-state index contributed by atoms with van der Waals surface area (Å²) in [6.07, 6.45) is 0.945. The van der Waals surface area contributed by atoms with Gasteiger partial charge in [0.1, 0.15) is 18.0 Å². The summed E-state index contributed by atoms with van der Waals surface area (Å²) in [7, 11) is 1.32. The van der Waals surface area contributed by atoms with Gasteiger partial charge in [-0.1, -0.05) is 12.1 Å². The van der Waals surface area contributed by atoms with E-state index in [0.717, 1.165) is 10.9 Å². The minimum atomic E-state index is -0.500. The van der Waals surface area contributed by atoms with E-state index >= 15 is 0 Å². The number of pyridine rings is 1. The zero-order valence-corrected chi connectivity index (χ0v) is 13.0. The molecule has 2 heterocycles. The van der Waals surface area contributed by atoms with Gasteiger partial charge in [-0.05, 0) is 29.8 Å². The summed E-state index contributed by atoms with van der Waals surface area (Å²) in [5.41, 5.74) is 7.91. The number of methoxy groups -OCH3 is 1. The molecule has 24 heavy (non-hydrogen) atoms. The molecule has 0 saturated heterocycles. The van der Waals surface area contributed by atoms with Crippen LogP contribution in [0.2, 0.25) is 0 Å². The predicted octanol–water partition coefficient (Wildman–Crippen LogP) is 2.40. The van der Waals surface area contributed by atoms with Gasteiger partial charge in [0.2, 0.25) is 0 Å². The summed E-state index contributed by atoms with van der Waals surface area (Å²) < 4.78 is 4.55. The van der Waals surface area contributed by atoms with Crippen molar-refractivity contribution in [3.05, 3.63) is 48.3 Å². The lowest BCUT2D eigenvalue weighted by molar-refractivity contribution is 0.187. The second-order valence-corrected chi connectivity index (χ2v) is 5.00. The summed E-state index contributed by atoms with van der Waals surface area (Å²) >= 11 is 0. The summed E-state index contributed by atoms with van der Waals surface area (Å²) in [4.78, 5) is 23.7. The van der Waals surface area contributed by atoms with E-state index in [1.165, 1.54) is 13.4 Å². The number of rotatable bonds is 4. The maximum absolute atomic E-state index is 11.2. The Hall–Kier alpha value is -3.42. The van der Waals surface area contributed by atoms with Crippen molar-refractivity contribution >= 4 is 34.4 Å². The van der Waals surface area contributed by atoms with Crippen LogP contribution in [0.5, 0.6) is 0 Å². The first kappa shape index (κ1) is 15.5. The monoisotopic (exact) mass is 324 g/mol. The van der Waals surface area contributed by atoms with Crippen LogP contribution in [0.1, 0.15) is 5.56 Å². The molecule has 1 aromatic carbocycles. The summed E-state index contributed by atoms with van der Waals surface area (Å²) in [5, 5.41) is 6.65. The van der Waals surface area contributed by atoms with Crippen LogP contribution >= 0.6 is 0 Å². The molecule has 4 N–H and O–H groups in total. The number of hydrogen-bond donors (Lipinski definition) is 3. The first-order chi connectivity index (χ1) is 11.7. The molecule has 0 unspecified atom stereocenters. The van der Waals surface area contributed by atoms with Crippen molar-refractivity contribution < 1.29 is 9.53 Å². The van der Waals surface area contributed by atoms with Crippen molar-refractivity contribution in [2.45, 2.75) is 6.54 Å². The van der Waals surface area contributed by atoms with Crippen molar-refractivity contribution in [1.82, 2.24) is 15.0 Å². The first-order valence-electron chi connectivity index (χ1n) is 7.21. The van der Waals surface area contributed by atoms with Gasteiger partial charge in [0.25, 0.3) is 0 Å². The van der Waals surface area contributed by atoms with Gasteiger partial charge in [-0.2, -0.15) is 0 Å². The number of fused-ring (bicyclic) bond motifs is 1. The maximum atomic E-state index is 11.2. The minimum absolute atomic E-state index is 0.417. The Balaban J connectivity index is 1.71. The Labute approximate surface area is 138 Å². The van der Waals surface area contributed by atoms with Crippen LogP contribution in [-0.4, -0.2) is 28.2 Å². The molecule has 3 rings (SSSR count). The molecule has 3 aromatic rings. The normalized spacial score (nSPS) is 10.4. The van der Waals surface area contributed by atoms with E-state index in [0.29, 0.717) is 29.5 Å². The Morgan fingerprint density at radius 1 is 1.17 bits per heavy atom. The van der Waals surface area contributed by atoms with Crippen LogP contribution in [-0.2, 0) is 11.3 Å². The Bertz CT molecular complexity index is 866. The standard InChI is InChI=1S/C16H16N6O2/c1-24-16(23)21-11-4-2-10(3-5-11)8-18-14-12-6-7-13(17)22-15(12)20-9-19-14/h2-7,9H,8H2,1H3,(H,21,23)(H3,17,18,19,20,22). The van der Waals surface area contributed by atoms with Crippen LogP contribution in [0.15, 0.2) is 42.7 Å². The van der Waals surface area contributed by atoms with Crippen molar-refractivity contribution in [1.29, 1.82) is 0 Å². The van der Waals surface area contributed by atoms with Crippen LogP contribution in [0, 0.1) is 0 Å². The third-order valence-electron chi connectivity index (χ3n) is 3.36. The number of nitrogens with two attached hydrogens (primary N) is 1. The molecule has 0 aliphatic rings. The third-order valence-corrected chi connectivity index (χ3v) is 3.36.